The molecule has 3 amide bonds. The third kappa shape index (κ3) is 4.10. The topological polar surface area (TPSA) is 113 Å². The van der Waals surface area contributed by atoms with Crippen molar-refractivity contribution in [1.29, 1.82) is 0 Å². The second-order valence-electron chi connectivity index (χ2n) is 7.74. The summed E-state index contributed by atoms with van der Waals surface area (Å²) in [5, 5.41) is 9.59. The van der Waals surface area contributed by atoms with E-state index in [0.29, 0.717) is 17.6 Å². The minimum Gasteiger partial charge on any atom is -0.350 e. The maximum Gasteiger partial charge on any atom is 0.270 e. The van der Waals surface area contributed by atoms with Crippen molar-refractivity contribution in [2.75, 3.05) is 0 Å². The van der Waals surface area contributed by atoms with E-state index in [9.17, 15) is 14.4 Å². The van der Waals surface area contributed by atoms with Crippen molar-refractivity contribution >= 4 is 44.6 Å². The Morgan fingerprint density at radius 2 is 1.93 bits per heavy atom. The van der Waals surface area contributed by atoms with E-state index < -0.39 is 6.04 Å². The average Bonchev–Trinajstić information content (AvgIpc) is 3.27. The number of nitrogens with zero attached hydrogens (tertiary/aromatic N) is 2. The van der Waals surface area contributed by atoms with Crippen molar-refractivity contribution < 1.29 is 14.4 Å². The Kier molecular flexibility index (Phi) is 5.49. The van der Waals surface area contributed by atoms with Crippen LogP contribution in [0.5, 0.6) is 0 Å². The first kappa shape index (κ1) is 19.8. The Hall–Kier alpha value is -2.55. The Labute approximate surface area is 176 Å². The molecule has 2 fully saturated rings. The third-order valence-electron chi connectivity index (χ3n) is 5.62. The molecule has 2 aliphatic rings. The van der Waals surface area contributed by atoms with Crippen molar-refractivity contribution in [2.24, 2.45) is 5.92 Å². The average molecular weight is 460 g/mol. The number of amides is 3. The molecule has 0 aromatic carbocycles. The number of fused-ring (bicyclic) bond motifs is 1. The summed E-state index contributed by atoms with van der Waals surface area (Å²) in [4.78, 5) is 45.4. The number of nitrogens with one attached hydrogen (secondary N) is 3. The zero-order valence-electron chi connectivity index (χ0n) is 15.9. The summed E-state index contributed by atoms with van der Waals surface area (Å²) in [5.41, 5.74) is 0.993. The summed E-state index contributed by atoms with van der Waals surface area (Å²) in [7, 11) is 0. The van der Waals surface area contributed by atoms with Crippen LogP contribution in [-0.4, -0.2) is 45.8 Å². The first-order chi connectivity index (χ1) is 13.9. The fraction of sp³-hybridized carbons (Fsp3) is 0.450. The molecular formula is C20H22BrN5O3. The number of halogens is 1. The highest BCUT2D eigenvalue weighted by Gasteiger charge is 2.37. The fourth-order valence-corrected chi connectivity index (χ4v) is 4.50. The molecule has 0 radical (unpaired) electrons. The van der Waals surface area contributed by atoms with Gasteiger partial charge in [0.05, 0.1) is 9.99 Å². The molecule has 152 valence electrons. The molecule has 1 saturated heterocycles. The summed E-state index contributed by atoms with van der Waals surface area (Å²) in [5.74, 6) is -0.594. The molecule has 1 saturated carbocycles. The van der Waals surface area contributed by atoms with Crippen LogP contribution in [0.2, 0.25) is 0 Å². The molecule has 2 unspecified atom stereocenters. The molecule has 1 aliphatic heterocycles. The predicted octanol–water partition coefficient (Wildman–Crippen LogP) is 1.68. The molecule has 1 aliphatic carbocycles. The highest BCUT2D eigenvalue weighted by Crippen LogP contribution is 2.23. The molecule has 4 rings (SSSR count). The second kappa shape index (κ2) is 8.06. The van der Waals surface area contributed by atoms with Gasteiger partial charge in [0.1, 0.15) is 11.7 Å². The van der Waals surface area contributed by atoms with Gasteiger partial charge in [0.25, 0.3) is 5.91 Å². The zero-order valence-corrected chi connectivity index (χ0v) is 17.5. The lowest BCUT2D eigenvalue weighted by Gasteiger charge is -2.24. The number of rotatable bonds is 4. The molecule has 2 aromatic rings. The highest BCUT2D eigenvalue weighted by atomic mass is 79.9. The fourth-order valence-electron chi connectivity index (χ4n) is 4.07. The number of pyridine rings is 2. The van der Waals surface area contributed by atoms with E-state index in [-0.39, 0.29) is 35.7 Å². The van der Waals surface area contributed by atoms with E-state index in [1.807, 2.05) is 13.0 Å². The van der Waals surface area contributed by atoms with Gasteiger partial charge in [-0.25, -0.2) is 4.98 Å². The Bertz CT molecular complexity index is 982. The van der Waals surface area contributed by atoms with Crippen LogP contribution in [0.1, 0.15) is 43.1 Å². The Morgan fingerprint density at radius 3 is 2.66 bits per heavy atom. The smallest absolute Gasteiger partial charge is 0.270 e. The lowest BCUT2D eigenvalue weighted by Crippen LogP contribution is -2.53. The van der Waals surface area contributed by atoms with Gasteiger partial charge >= 0.3 is 0 Å². The molecule has 8 nitrogen and oxygen atoms in total. The highest BCUT2D eigenvalue weighted by molar-refractivity contribution is 9.10. The number of carbonyl (C=O) groups excluding carboxylic acids is 3. The van der Waals surface area contributed by atoms with E-state index in [1.54, 1.807) is 18.5 Å². The molecule has 0 spiro atoms. The van der Waals surface area contributed by atoms with Crippen LogP contribution in [0.3, 0.4) is 0 Å². The second-order valence-corrected chi connectivity index (χ2v) is 8.60. The summed E-state index contributed by atoms with van der Waals surface area (Å²) < 4.78 is 0.725. The van der Waals surface area contributed by atoms with Crippen LogP contribution in [0.25, 0.3) is 10.9 Å². The molecule has 9 heteroatoms. The minimum atomic E-state index is -0.507. The molecular weight excluding hydrogens is 438 g/mol. The van der Waals surface area contributed by atoms with Crippen molar-refractivity contribution in [1.82, 2.24) is 25.9 Å². The maximum atomic E-state index is 12.8. The number of aromatic nitrogens is 2. The molecule has 4 atom stereocenters. The monoisotopic (exact) mass is 459 g/mol. The largest absolute Gasteiger partial charge is 0.350 e. The summed E-state index contributed by atoms with van der Waals surface area (Å²) in [6, 6.07) is 2.65. The first-order valence-electron chi connectivity index (χ1n) is 9.73. The number of hydrogen-bond donors (Lipinski definition) is 3. The maximum absolute atomic E-state index is 12.8. The molecule has 0 bridgehead atoms. The molecule has 3 heterocycles. The van der Waals surface area contributed by atoms with Gasteiger partial charge in [-0.15, -0.1) is 0 Å². The quantitative estimate of drug-likeness (QED) is 0.643. The van der Waals surface area contributed by atoms with Crippen LogP contribution in [0, 0.1) is 5.92 Å². The van der Waals surface area contributed by atoms with Crippen LogP contribution in [0.15, 0.2) is 29.0 Å². The third-order valence-corrected chi connectivity index (χ3v) is 6.20. The van der Waals surface area contributed by atoms with Gasteiger partial charge in [0, 0.05) is 36.3 Å². The molecule has 29 heavy (non-hydrogen) atoms. The number of carbonyl (C=O) groups is 3. The Balaban J connectivity index is 1.43. The van der Waals surface area contributed by atoms with Crippen molar-refractivity contribution in [3.63, 3.8) is 0 Å². The SMILES string of the molecule is CC1CC(=O)NC1C(=O)N[C@@H]1CCC[C@@H]1NC(=O)c1ccc2cncc(Br)c2n1. The predicted molar refractivity (Wildman–Crippen MR) is 110 cm³/mol. The molecule has 3 N–H and O–H groups in total. The van der Waals surface area contributed by atoms with E-state index in [4.69, 9.17) is 0 Å². The minimum absolute atomic E-state index is 0.0355. The van der Waals surface area contributed by atoms with E-state index in [0.717, 1.165) is 29.1 Å². The normalized spacial score (nSPS) is 26.3. The standard InChI is InChI=1S/C20H22BrN5O3/c1-10-7-16(27)26-17(10)20(29)25-14-4-2-3-13(14)24-19(28)15-6-5-11-8-22-9-12(21)18(11)23-15/h5-6,8-10,13-14,17H,2-4,7H2,1H3,(H,24,28)(H,25,29)(H,26,27)/t10?,13-,14+,17?/m0/s1. The summed E-state index contributed by atoms with van der Waals surface area (Å²) in [6.45, 7) is 1.88. The van der Waals surface area contributed by atoms with Gasteiger partial charge in [-0.05, 0) is 53.2 Å². The molecule has 2 aromatic heterocycles. The van der Waals surface area contributed by atoms with Crippen molar-refractivity contribution in [2.45, 2.75) is 50.7 Å². The van der Waals surface area contributed by atoms with Gasteiger partial charge in [-0.3, -0.25) is 19.4 Å². The zero-order chi connectivity index (χ0) is 20.5. The lowest BCUT2D eigenvalue weighted by atomic mass is 10.0. The van der Waals surface area contributed by atoms with Gasteiger partial charge in [-0.2, -0.15) is 0 Å². The van der Waals surface area contributed by atoms with Crippen LogP contribution in [0.4, 0.5) is 0 Å². The number of hydrogen-bond acceptors (Lipinski definition) is 5. The van der Waals surface area contributed by atoms with E-state index in [2.05, 4.69) is 41.8 Å². The summed E-state index contributed by atoms with van der Waals surface area (Å²) >= 11 is 3.41. The van der Waals surface area contributed by atoms with Crippen LogP contribution in [-0.2, 0) is 9.59 Å². The van der Waals surface area contributed by atoms with Crippen molar-refractivity contribution in [3.05, 3.63) is 34.7 Å². The van der Waals surface area contributed by atoms with E-state index >= 15 is 0 Å². The van der Waals surface area contributed by atoms with Crippen LogP contribution >= 0.6 is 15.9 Å². The van der Waals surface area contributed by atoms with E-state index in [1.165, 1.54) is 0 Å². The van der Waals surface area contributed by atoms with Gasteiger partial charge in [0.2, 0.25) is 11.8 Å². The Morgan fingerprint density at radius 1 is 1.17 bits per heavy atom. The van der Waals surface area contributed by atoms with Gasteiger partial charge in [-0.1, -0.05) is 6.92 Å². The lowest BCUT2D eigenvalue weighted by molar-refractivity contribution is -0.126. The van der Waals surface area contributed by atoms with Crippen LogP contribution < -0.4 is 16.0 Å². The first-order valence-corrected chi connectivity index (χ1v) is 10.5. The van der Waals surface area contributed by atoms with Gasteiger partial charge in [0.15, 0.2) is 0 Å². The van der Waals surface area contributed by atoms with Gasteiger partial charge < -0.3 is 16.0 Å². The van der Waals surface area contributed by atoms with Crippen molar-refractivity contribution in [3.8, 4) is 0 Å². The summed E-state index contributed by atoms with van der Waals surface area (Å²) in [6.07, 6.45) is 6.17.